The molecule has 0 rings (SSSR count). The molecule has 0 saturated carbocycles. The molecule has 0 aromatic rings. The van der Waals surface area contributed by atoms with E-state index in [1.54, 1.807) is 0 Å². The van der Waals surface area contributed by atoms with E-state index in [1.807, 2.05) is 0 Å². The van der Waals surface area contributed by atoms with Gasteiger partial charge in [0, 0.05) is 0 Å². The first kappa shape index (κ1) is 16.3. The van der Waals surface area contributed by atoms with Gasteiger partial charge in [0.15, 0.2) is 0 Å². The van der Waals surface area contributed by atoms with Crippen molar-refractivity contribution in [2.75, 3.05) is 0 Å². The number of rotatable bonds is 4. The second kappa shape index (κ2) is 5.27. The molecule has 0 aromatic carbocycles. The third kappa shape index (κ3) is 6.11. The Kier molecular flexibility index (Phi) is 4.76. The lowest BCUT2D eigenvalue weighted by atomic mass is 10.0. The first-order chi connectivity index (χ1) is 7.83. The summed E-state index contributed by atoms with van der Waals surface area (Å²) in [7, 11) is 0. The molecule has 0 heterocycles. The summed E-state index contributed by atoms with van der Waals surface area (Å²) >= 11 is 0. The number of halogens is 6. The first-order valence-corrected chi connectivity index (χ1v) is 4.11. The van der Waals surface area contributed by atoms with Crippen LogP contribution in [0.3, 0.4) is 0 Å². The highest BCUT2D eigenvalue weighted by molar-refractivity contribution is 5.97. The fourth-order valence-electron chi connectivity index (χ4n) is 1.01. The molecule has 0 aliphatic heterocycles. The van der Waals surface area contributed by atoms with Crippen LogP contribution in [0.5, 0.6) is 0 Å². The molecule has 10 heteroatoms. The molecule has 104 valence electrons. The van der Waals surface area contributed by atoms with Crippen LogP contribution in [0.4, 0.5) is 26.3 Å². The number of carbonyl (C=O) groups is 2. The average Bonchev–Trinajstić information content (AvgIpc) is 2.06. The Morgan fingerprint density at radius 3 is 1.06 bits per heavy atom. The Morgan fingerprint density at radius 1 is 0.722 bits per heavy atom. The van der Waals surface area contributed by atoms with Crippen LogP contribution in [-0.4, -0.2) is 24.3 Å². The van der Waals surface area contributed by atoms with Gasteiger partial charge < -0.3 is 19.8 Å². The second-order valence-electron chi connectivity index (χ2n) is 3.12. The summed E-state index contributed by atoms with van der Waals surface area (Å²) in [5, 5.41) is 20.6. The number of aliphatic carboxylic acids is 2. The van der Waals surface area contributed by atoms with Gasteiger partial charge in [-0.05, 0) is 11.1 Å². The molecule has 0 aliphatic carbocycles. The summed E-state index contributed by atoms with van der Waals surface area (Å²) < 4.78 is 71.4. The zero-order valence-electron chi connectivity index (χ0n) is 8.31. The third-order valence-corrected chi connectivity index (χ3v) is 1.61. The zero-order chi connectivity index (χ0) is 14.7. The van der Waals surface area contributed by atoms with Crippen molar-refractivity contribution in [3.63, 3.8) is 0 Å². The van der Waals surface area contributed by atoms with Crippen molar-refractivity contribution in [1.29, 1.82) is 0 Å². The monoisotopic (exact) mass is 278 g/mol. The van der Waals surface area contributed by atoms with E-state index < -0.39 is 48.3 Å². The van der Waals surface area contributed by atoms with E-state index in [9.17, 15) is 46.1 Å². The van der Waals surface area contributed by atoms with E-state index >= 15 is 0 Å². The standard InChI is InChI=1S/C8H6F6O4/c9-7(10,11)1-3(5(15)16)4(6(17)18)2-8(12,13)14/h1-2H2,(H,15,16)(H,17,18)/p-2/b4-3-. The van der Waals surface area contributed by atoms with Gasteiger partial charge in [0.05, 0.1) is 24.8 Å². The maximum Gasteiger partial charge on any atom is 0.393 e. The molecule has 0 atom stereocenters. The van der Waals surface area contributed by atoms with Crippen LogP contribution in [-0.2, 0) is 9.59 Å². The van der Waals surface area contributed by atoms with Gasteiger partial charge in [-0.15, -0.1) is 0 Å². The fourth-order valence-corrected chi connectivity index (χ4v) is 1.01. The number of carbonyl (C=O) groups excluding carboxylic acids is 2. The quantitative estimate of drug-likeness (QED) is 0.521. The number of hydrogen-bond donors (Lipinski definition) is 0. The van der Waals surface area contributed by atoms with E-state index in [0.717, 1.165) is 0 Å². The number of hydrogen-bond acceptors (Lipinski definition) is 4. The van der Waals surface area contributed by atoms with E-state index in [-0.39, 0.29) is 0 Å². The summed E-state index contributed by atoms with van der Waals surface area (Å²) in [6, 6.07) is 0. The summed E-state index contributed by atoms with van der Waals surface area (Å²) in [4.78, 5) is 20.6. The van der Waals surface area contributed by atoms with Crippen molar-refractivity contribution in [2.45, 2.75) is 25.2 Å². The molecule has 0 amide bonds. The minimum Gasteiger partial charge on any atom is -0.545 e. The van der Waals surface area contributed by atoms with E-state index in [0.29, 0.717) is 0 Å². The lowest BCUT2D eigenvalue weighted by Crippen LogP contribution is -2.35. The maximum atomic E-state index is 11.9. The molecule has 0 aliphatic rings. The highest BCUT2D eigenvalue weighted by Gasteiger charge is 2.35. The Bertz CT molecular complexity index is 342. The van der Waals surface area contributed by atoms with E-state index in [2.05, 4.69) is 0 Å². The Morgan fingerprint density at radius 2 is 0.944 bits per heavy atom. The average molecular weight is 278 g/mol. The van der Waals surface area contributed by atoms with Crippen LogP contribution >= 0.6 is 0 Å². The molecular formula is C8H4F6O4-2. The zero-order valence-corrected chi connectivity index (χ0v) is 8.31. The van der Waals surface area contributed by atoms with Gasteiger partial charge in [-0.3, -0.25) is 0 Å². The van der Waals surface area contributed by atoms with Crippen molar-refractivity contribution >= 4 is 11.9 Å². The van der Waals surface area contributed by atoms with Gasteiger partial charge in [0.2, 0.25) is 0 Å². The van der Waals surface area contributed by atoms with Crippen molar-refractivity contribution in [1.82, 2.24) is 0 Å². The highest BCUT2D eigenvalue weighted by atomic mass is 19.4. The normalized spacial score (nSPS) is 14.1. The molecule has 0 spiro atoms. The first-order valence-electron chi connectivity index (χ1n) is 4.11. The summed E-state index contributed by atoms with van der Waals surface area (Å²) in [5.74, 6) is -5.29. The fraction of sp³-hybridized carbons (Fsp3) is 0.500. The van der Waals surface area contributed by atoms with Gasteiger partial charge >= 0.3 is 12.4 Å². The molecule has 0 radical (unpaired) electrons. The van der Waals surface area contributed by atoms with Gasteiger partial charge in [-0.2, -0.15) is 26.3 Å². The third-order valence-electron chi connectivity index (χ3n) is 1.61. The minimum absolute atomic E-state index is 2.00. The Labute approximate surface area is 95.5 Å². The van der Waals surface area contributed by atoms with Crippen LogP contribution in [0.2, 0.25) is 0 Å². The molecule has 0 saturated heterocycles. The molecule has 0 fully saturated rings. The molecule has 0 aromatic heterocycles. The number of carboxylic acid groups (broad SMARTS) is 2. The van der Waals surface area contributed by atoms with Gasteiger partial charge in [-0.25, -0.2) is 0 Å². The van der Waals surface area contributed by atoms with Crippen LogP contribution in [0.15, 0.2) is 11.1 Å². The van der Waals surface area contributed by atoms with Gasteiger partial charge in [-0.1, -0.05) is 0 Å². The molecule has 4 nitrogen and oxygen atoms in total. The van der Waals surface area contributed by atoms with Crippen molar-refractivity contribution < 1.29 is 46.1 Å². The topological polar surface area (TPSA) is 80.3 Å². The lowest BCUT2D eigenvalue weighted by molar-refractivity contribution is -0.305. The van der Waals surface area contributed by atoms with Crippen LogP contribution in [0.25, 0.3) is 0 Å². The molecule has 0 N–H and O–H groups in total. The molecular weight excluding hydrogens is 274 g/mol. The minimum atomic E-state index is -5.19. The smallest absolute Gasteiger partial charge is 0.393 e. The summed E-state index contributed by atoms with van der Waals surface area (Å²) in [5.41, 5.74) is -4.00. The lowest BCUT2D eigenvalue weighted by Gasteiger charge is -2.19. The van der Waals surface area contributed by atoms with Crippen molar-refractivity contribution in [2.24, 2.45) is 0 Å². The Balaban J connectivity index is 5.60. The summed E-state index contributed by atoms with van der Waals surface area (Å²) in [6.45, 7) is 0. The number of carboxylic acids is 2. The largest absolute Gasteiger partial charge is 0.545 e. The number of alkyl halides is 6. The predicted molar refractivity (Wildman–Crippen MR) is 38.4 cm³/mol. The summed E-state index contributed by atoms with van der Waals surface area (Å²) in [6.07, 6.45) is -15.1. The predicted octanol–water partition coefficient (Wildman–Crippen LogP) is -0.312. The van der Waals surface area contributed by atoms with Crippen LogP contribution < -0.4 is 10.2 Å². The van der Waals surface area contributed by atoms with E-state index in [4.69, 9.17) is 0 Å². The van der Waals surface area contributed by atoms with Crippen molar-refractivity contribution in [3.8, 4) is 0 Å². The maximum absolute atomic E-state index is 11.9. The Hall–Kier alpha value is -1.74. The van der Waals surface area contributed by atoms with Crippen LogP contribution in [0, 0.1) is 0 Å². The van der Waals surface area contributed by atoms with Crippen LogP contribution in [0.1, 0.15) is 12.8 Å². The molecule has 0 unspecified atom stereocenters. The van der Waals surface area contributed by atoms with Crippen molar-refractivity contribution in [3.05, 3.63) is 11.1 Å². The van der Waals surface area contributed by atoms with Gasteiger partial charge in [0.25, 0.3) is 0 Å². The molecule has 18 heavy (non-hydrogen) atoms. The molecule has 0 bridgehead atoms. The second-order valence-corrected chi connectivity index (χ2v) is 3.12. The SMILES string of the molecule is O=C([O-])/C(CC(F)(F)F)=C(/CC(F)(F)F)C(=O)[O-]. The van der Waals surface area contributed by atoms with Gasteiger partial charge in [0.1, 0.15) is 0 Å². The highest BCUT2D eigenvalue weighted by Crippen LogP contribution is 2.31. The van der Waals surface area contributed by atoms with E-state index in [1.165, 1.54) is 0 Å².